The van der Waals surface area contributed by atoms with Crippen molar-refractivity contribution in [2.24, 2.45) is 5.73 Å². The van der Waals surface area contributed by atoms with Crippen LogP contribution in [-0.2, 0) is 15.9 Å². The standard InChI is InChI=1S/C18H18BN3O2/c20-16(13-17-21-11-12-22-17)18(23)24-19(14-7-3-1-4-8-14)15-9-5-2-6-10-15/h1-12,16H,13,20H2,(H,21,22). The van der Waals surface area contributed by atoms with Gasteiger partial charge < -0.3 is 15.4 Å². The van der Waals surface area contributed by atoms with Crippen LogP contribution in [0.3, 0.4) is 0 Å². The largest absolute Gasteiger partial charge is 0.525 e. The fourth-order valence-corrected chi connectivity index (χ4v) is 2.49. The number of nitrogens with two attached hydrogens (primary N) is 1. The zero-order valence-corrected chi connectivity index (χ0v) is 13.1. The number of carbonyl (C=O) groups is 1. The first-order valence-electron chi connectivity index (χ1n) is 7.78. The van der Waals surface area contributed by atoms with Gasteiger partial charge in [0.25, 0.3) is 0 Å². The van der Waals surface area contributed by atoms with Crippen molar-refractivity contribution in [1.29, 1.82) is 0 Å². The van der Waals surface area contributed by atoms with Crippen LogP contribution in [0, 0.1) is 0 Å². The van der Waals surface area contributed by atoms with Gasteiger partial charge in [-0.2, -0.15) is 0 Å². The molecule has 1 atom stereocenters. The fourth-order valence-electron chi connectivity index (χ4n) is 2.49. The summed E-state index contributed by atoms with van der Waals surface area (Å²) in [5.74, 6) is 0.208. The average Bonchev–Trinajstić information content (AvgIpc) is 3.14. The maximum absolute atomic E-state index is 12.4. The molecule has 0 aliphatic heterocycles. The molecule has 2 aromatic carbocycles. The van der Waals surface area contributed by atoms with Crippen molar-refractivity contribution in [1.82, 2.24) is 9.97 Å². The lowest BCUT2D eigenvalue weighted by Crippen LogP contribution is -2.49. The first-order valence-corrected chi connectivity index (χ1v) is 7.78. The molecular weight excluding hydrogens is 301 g/mol. The fraction of sp³-hybridized carbons (Fsp3) is 0.111. The van der Waals surface area contributed by atoms with Crippen LogP contribution in [0.15, 0.2) is 73.1 Å². The Balaban J connectivity index is 1.78. The van der Waals surface area contributed by atoms with Gasteiger partial charge in [-0.3, -0.25) is 4.79 Å². The van der Waals surface area contributed by atoms with Gasteiger partial charge in [0.15, 0.2) is 0 Å². The van der Waals surface area contributed by atoms with Gasteiger partial charge in [0.1, 0.15) is 11.9 Å². The predicted octanol–water partition coefficient (Wildman–Crippen LogP) is 0.629. The number of rotatable bonds is 6. The van der Waals surface area contributed by atoms with E-state index in [-0.39, 0.29) is 0 Å². The molecular formula is C18H18BN3O2. The van der Waals surface area contributed by atoms with Gasteiger partial charge in [0, 0.05) is 18.8 Å². The quantitative estimate of drug-likeness (QED) is 0.653. The molecule has 3 rings (SSSR count). The Hall–Kier alpha value is -2.86. The SMILES string of the molecule is NC(Cc1ncc[nH]1)C(=O)OB(c1ccccc1)c1ccccc1. The molecule has 1 aromatic heterocycles. The van der Waals surface area contributed by atoms with Crippen molar-refractivity contribution < 1.29 is 9.45 Å². The lowest BCUT2D eigenvalue weighted by molar-refractivity contribution is -0.136. The van der Waals surface area contributed by atoms with Crippen molar-refractivity contribution in [3.8, 4) is 0 Å². The number of nitrogens with zero attached hydrogens (tertiary/aromatic N) is 1. The summed E-state index contributed by atoms with van der Waals surface area (Å²) < 4.78 is 5.73. The van der Waals surface area contributed by atoms with Gasteiger partial charge >= 0.3 is 12.9 Å². The maximum Gasteiger partial charge on any atom is 0.429 e. The molecule has 0 spiro atoms. The molecule has 1 heterocycles. The van der Waals surface area contributed by atoms with E-state index in [0.29, 0.717) is 12.2 Å². The predicted molar refractivity (Wildman–Crippen MR) is 94.3 cm³/mol. The molecule has 24 heavy (non-hydrogen) atoms. The minimum absolute atomic E-state index is 0.308. The Labute approximate surface area is 141 Å². The second-order valence-corrected chi connectivity index (χ2v) is 5.48. The second-order valence-electron chi connectivity index (χ2n) is 5.48. The molecule has 0 aliphatic carbocycles. The molecule has 0 bridgehead atoms. The molecule has 6 heteroatoms. The second kappa shape index (κ2) is 7.61. The third kappa shape index (κ3) is 3.91. The number of hydrogen-bond acceptors (Lipinski definition) is 4. The van der Waals surface area contributed by atoms with E-state index in [0.717, 1.165) is 10.9 Å². The molecule has 0 aliphatic rings. The maximum atomic E-state index is 12.4. The number of aromatic nitrogens is 2. The number of nitrogens with one attached hydrogen (secondary N) is 1. The molecule has 0 amide bonds. The molecule has 0 radical (unpaired) electrons. The van der Waals surface area contributed by atoms with E-state index in [2.05, 4.69) is 9.97 Å². The van der Waals surface area contributed by atoms with Gasteiger partial charge in [0.05, 0.1) is 0 Å². The van der Waals surface area contributed by atoms with Crippen molar-refractivity contribution in [2.75, 3.05) is 0 Å². The monoisotopic (exact) mass is 319 g/mol. The van der Waals surface area contributed by atoms with Gasteiger partial charge in [0.2, 0.25) is 0 Å². The van der Waals surface area contributed by atoms with E-state index in [1.165, 1.54) is 0 Å². The third-order valence-electron chi connectivity index (χ3n) is 3.71. The van der Waals surface area contributed by atoms with E-state index in [1.807, 2.05) is 60.7 Å². The summed E-state index contributed by atoms with van der Waals surface area (Å²) in [5.41, 5.74) is 7.79. The number of imidazole rings is 1. The van der Waals surface area contributed by atoms with Gasteiger partial charge in [-0.05, 0) is 10.9 Å². The Bertz CT molecular complexity index is 724. The van der Waals surface area contributed by atoms with Crippen LogP contribution >= 0.6 is 0 Å². The summed E-state index contributed by atoms with van der Waals surface area (Å²) in [7, 11) is 0. The van der Waals surface area contributed by atoms with E-state index in [4.69, 9.17) is 10.4 Å². The first kappa shape index (κ1) is 16.0. The molecule has 5 nitrogen and oxygen atoms in total. The molecule has 0 saturated carbocycles. The third-order valence-corrected chi connectivity index (χ3v) is 3.71. The molecule has 3 aromatic rings. The number of aromatic amines is 1. The number of H-pyrrole nitrogens is 1. The van der Waals surface area contributed by atoms with E-state index >= 15 is 0 Å². The lowest BCUT2D eigenvalue weighted by Gasteiger charge is -2.18. The zero-order valence-electron chi connectivity index (χ0n) is 13.1. The Morgan fingerprint density at radius 3 is 2.17 bits per heavy atom. The van der Waals surface area contributed by atoms with E-state index in [1.54, 1.807) is 12.4 Å². The summed E-state index contributed by atoms with van der Waals surface area (Å²) in [5, 5.41) is 0. The minimum atomic E-state index is -0.772. The van der Waals surface area contributed by atoms with Crippen LogP contribution in [-0.4, -0.2) is 28.9 Å². The molecule has 3 N–H and O–H groups in total. The van der Waals surface area contributed by atoms with Crippen LogP contribution in [0.4, 0.5) is 0 Å². The van der Waals surface area contributed by atoms with Crippen molar-refractivity contribution in [3.05, 3.63) is 78.9 Å². The van der Waals surface area contributed by atoms with Crippen LogP contribution < -0.4 is 16.7 Å². The number of hydrogen-bond donors (Lipinski definition) is 2. The summed E-state index contributed by atoms with van der Waals surface area (Å²) in [6.45, 7) is -0.484. The number of benzene rings is 2. The highest BCUT2D eigenvalue weighted by molar-refractivity contribution is 6.81. The molecule has 0 fully saturated rings. The highest BCUT2D eigenvalue weighted by atomic mass is 16.5. The average molecular weight is 319 g/mol. The molecule has 1 unspecified atom stereocenters. The van der Waals surface area contributed by atoms with Crippen LogP contribution in [0.5, 0.6) is 0 Å². The molecule has 120 valence electrons. The Morgan fingerprint density at radius 2 is 1.67 bits per heavy atom. The van der Waals surface area contributed by atoms with Gasteiger partial charge in [-0.25, -0.2) is 4.98 Å². The zero-order chi connectivity index (χ0) is 16.8. The van der Waals surface area contributed by atoms with Crippen LogP contribution in [0.25, 0.3) is 0 Å². The minimum Gasteiger partial charge on any atom is -0.525 e. The summed E-state index contributed by atoms with van der Waals surface area (Å²) in [6.07, 6.45) is 3.64. The van der Waals surface area contributed by atoms with Crippen molar-refractivity contribution >= 4 is 23.8 Å². The summed E-state index contributed by atoms with van der Waals surface area (Å²) >= 11 is 0. The van der Waals surface area contributed by atoms with Crippen LogP contribution in [0.2, 0.25) is 0 Å². The Kier molecular flexibility index (Phi) is 5.08. The van der Waals surface area contributed by atoms with Gasteiger partial charge in [-0.15, -0.1) is 0 Å². The first-order chi connectivity index (χ1) is 11.7. The van der Waals surface area contributed by atoms with Gasteiger partial charge in [-0.1, -0.05) is 60.7 Å². The highest BCUT2D eigenvalue weighted by Crippen LogP contribution is 2.00. The normalized spacial score (nSPS) is 11.7. The summed E-state index contributed by atoms with van der Waals surface area (Å²) in [4.78, 5) is 19.5. The van der Waals surface area contributed by atoms with Crippen molar-refractivity contribution in [3.63, 3.8) is 0 Å². The van der Waals surface area contributed by atoms with Crippen LogP contribution in [0.1, 0.15) is 5.82 Å². The lowest BCUT2D eigenvalue weighted by atomic mass is 9.55. The smallest absolute Gasteiger partial charge is 0.429 e. The van der Waals surface area contributed by atoms with E-state index in [9.17, 15) is 4.79 Å². The summed E-state index contributed by atoms with van der Waals surface area (Å²) in [6, 6.07) is 18.5. The topological polar surface area (TPSA) is 81.0 Å². The van der Waals surface area contributed by atoms with E-state index < -0.39 is 18.9 Å². The van der Waals surface area contributed by atoms with Crippen molar-refractivity contribution in [2.45, 2.75) is 12.5 Å². The number of carbonyl (C=O) groups excluding carboxylic acids is 1. The highest BCUT2D eigenvalue weighted by Gasteiger charge is 2.28. The molecule has 0 saturated heterocycles. The Morgan fingerprint density at radius 1 is 1.08 bits per heavy atom.